The fourth-order valence-electron chi connectivity index (χ4n) is 3.75. The second-order valence-electron chi connectivity index (χ2n) is 9.71. The largest absolute Gasteiger partial charge is 0.481 e. The third-order valence-electron chi connectivity index (χ3n) is 5.34. The van der Waals surface area contributed by atoms with Crippen molar-refractivity contribution in [3.8, 4) is 5.75 Å². The van der Waals surface area contributed by atoms with Crippen molar-refractivity contribution in [2.24, 2.45) is 10.8 Å². The molecule has 0 fully saturated rings. The van der Waals surface area contributed by atoms with Crippen molar-refractivity contribution >= 4 is 17.2 Å². The van der Waals surface area contributed by atoms with Gasteiger partial charge in [-0.05, 0) is 35.1 Å². The number of nitrogens with one attached hydrogen (secondary N) is 1. The van der Waals surface area contributed by atoms with Gasteiger partial charge in [-0.15, -0.1) is 0 Å². The first kappa shape index (κ1) is 20.8. The van der Waals surface area contributed by atoms with E-state index in [1.54, 1.807) is 12.1 Å². The Morgan fingerprint density at radius 3 is 2.14 bits per heavy atom. The van der Waals surface area contributed by atoms with Crippen LogP contribution in [0.3, 0.4) is 0 Å². The van der Waals surface area contributed by atoms with Gasteiger partial charge in [-0.3, -0.25) is 14.9 Å². The molecule has 0 bridgehead atoms. The molecule has 154 valence electrons. The Morgan fingerprint density at radius 1 is 1.14 bits per heavy atom. The van der Waals surface area contributed by atoms with Gasteiger partial charge in [0, 0.05) is 17.2 Å². The van der Waals surface area contributed by atoms with E-state index in [2.05, 4.69) is 11.9 Å². The zero-order valence-electron chi connectivity index (χ0n) is 17.8. The van der Waals surface area contributed by atoms with Crippen LogP contribution in [0.25, 0.3) is 0 Å². The number of allylic oxidation sites excluding steroid dienone is 2. The Morgan fingerprint density at radius 2 is 1.69 bits per heavy atom. The number of Topliss-reactive ketones (excluding diaryl/α,β-unsaturated/α-hetero) is 1. The number of nitro benzene ring substituents is 1. The minimum absolute atomic E-state index is 0.0368. The number of benzene rings is 1. The van der Waals surface area contributed by atoms with E-state index in [4.69, 9.17) is 4.74 Å². The molecule has 3 rings (SSSR count). The van der Waals surface area contributed by atoms with E-state index >= 15 is 0 Å². The van der Waals surface area contributed by atoms with Crippen LogP contribution in [0.15, 0.2) is 54.2 Å². The smallest absolute Gasteiger partial charge is 0.273 e. The van der Waals surface area contributed by atoms with Crippen molar-refractivity contribution in [1.29, 1.82) is 0 Å². The SMILES string of the molecule is C=CC1Oc2cc([N+](=O)[O-])ccc2NC12C=C(C(C)(C)C)C(=O)C(C(C)(C)C)=C2. The number of nitrogens with zero attached hydrogens (tertiary/aromatic N) is 1. The summed E-state index contributed by atoms with van der Waals surface area (Å²) in [6.45, 7) is 16.0. The van der Waals surface area contributed by atoms with Crippen molar-refractivity contribution in [3.05, 3.63) is 64.3 Å². The van der Waals surface area contributed by atoms with E-state index < -0.39 is 16.6 Å². The van der Waals surface area contributed by atoms with Gasteiger partial charge in [0.15, 0.2) is 5.78 Å². The highest BCUT2D eigenvalue weighted by molar-refractivity contribution is 6.11. The van der Waals surface area contributed by atoms with E-state index in [1.807, 2.05) is 53.7 Å². The normalized spacial score (nSPS) is 20.8. The average Bonchev–Trinajstić information content (AvgIpc) is 2.60. The molecule has 6 heteroatoms. The molecule has 0 radical (unpaired) electrons. The maximum absolute atomic E-state index is 13.3. The van der Waals surface area contributed by atoms with Crippen LogP contribution in [0, 0.1) is 20.9 Å². The highest BCUT2D eigenvalue weighted by atomic mass is 16.6. The highest BCUT2D eigenvalue weighted by Gasteiger charge is 2.47. The molecule has 1 aromatic carbocycles. The maximum Gasteiger partial charge on any atom is 0.273 e. The summed E-state index contributed by atoms with van der Waals surface area (Å²) in [7, 11) is 0. The van der Waals surface area contributed by atoms with Gasteiger partial charge < -0.3 is 10.1 Å². The molecule has 6 nitrogen and oxygen atoms in total. The maximum atomic E-state index is 13.3. The predicted molar refractivity (Wildman–Crippen MR) is 114 cm³/mol. The van der Waals surface area contributed by atoms with Gasteiger partial charge in [0.1, 0.15) is 17.4 Å². The number of hydrogen-bond donors (Lipinski definition) is 1. The van der Waals surface area contributed by atoms with E-state index in [9.17, 15) is 14.9 Å². The zero-order valence-corrected chi connectivity index (χ0v) is 17.8. The summed E-state index contributed by atoms with van der Waals surface area (Å²) in [5, 5.41) is 14.6. The molecular formula is C23H28N2O4. The van der Waals surface area contributed by atoms with Crippen molar-refractivity contribution in [1.82, 2.24) is 0 Å². The van der Waals surface area contributed by atoms with Crippen LogP contribution in [0.4, 0.5) is 11.4 Å². The zero-order chi connectivity index (χ0) is 21.8. The molecule has 0 saturated carbocycles. The third kappa shape index (κ3) is 3.59. The van der Waals surface area contributed by atoms with Crippen LogP contribution in [0.5, 0.6) is 5.75 Å². The van der Waals surface area contributed by atoms with Crippen LogP contribution in [-0.2, 0) is 4.79 Å². The second kappa shape index (κ2) is 6.58. The number of carbonyl (C=O) groups is 1. The Labute approximate surface area is 171 Å². The van der Waals surface area contributed by atoms with Gasteiger partial charge in [0.25, 0.3) is 5.69 Å². The molecule has 1 atom stereocenters. The summed E-state index contributed by atoms with van der Waals surface area (Å²) in [4.78, 5) is 24.0. The molecule has 1 heterocycles. The van der Waals surface area contributed by atoms with Crippen LogP contribution in [-0.4, -0.2) is 22.3 Å². The molecule has 2 aliphatic rings. The number of nitro groups is 1. The van der Waals surface area contributed by atoms with Gasteiger partial charge in [-0.1, -0.05) is 48.1 Å². The first-order valence-corrected chi connectivity index (χ1v) is 9.66. The summed E-state index contributed by atoms with van der Waals surface area (Å²) in [6, 6.07) is 4.48. The molecule has 1 aliphatic carbocycles. The molecule has 1 N–H and O–H groups in total. The van der Waals surface area contributed by atoms with Crippen molar-refractivity contribution < 1.29 is 14.5 Å². The monoisotopic (exact) mass is 396 g/mol. The van der Waals surface area contributed by atoms with Gasteiger partial charge in [-0.2, -0.15) is 0 Å². The Bertz CT molecular complexity index is 924. The Kier molecular flexibility index (Phi) is 4.72. The van der Waals surface area contributed by atoms with E-state index in [-0.39, 0.29) is 22.3 Å². The molecule has 1 spiro atoms. The average molecular weight is 396 g/mol. The summed E-state index contributed by atoms with van der Waals surface area (Å²) in [5.74, 6) is 0.428. The van der Waals surface area contributed by atoms with E-state index in [0.717, 1.165) is 0 Å². The summed E-state index contributed by atoms with van der Waals surface area (Å²) >= 11 is 0. The molecule has 1 aliphatic heterocycles. The van der Waals surface area contributed by atoms with E-state index in [0.29, 0.717) is 22.6 Å². The lowest BCUT2D eigenvalue weighted by Gasteiger charge is -2.45. The highest BCUT2D eigenvalue weighted by Crippen LogP contribution is 2.46. The number of ether oxygens (including phenoxy) is 1. The second-order valence-corrected chi connectivity index (χ2v) is 9.71. The van der Waals surface area contributed by atoms with Crippen molar-refractivity contribution in [2.45, 2.75) is 53.2 Å². The standard InChI is InChI=1S/C23H28N2O4/c1-8-19-23(24-17-10-9-14(25(27)28)11-18(17)29-19)12-15(21(2,3)4)20(26)16(13-23)22(5,6)7/h8-13,19,24H,1H2,2-7H3. The number of non-ortho nitro benzene ring substituents is 1. The van der Waals surface area contributed by atoms with Crippen molar-refractivity contribution in [2.75, 3.05) is 5.32 Å². The molecule has 0 saturated heterocycles. The predicted octanol–water partition coefficient (Wildman–Crippen LogP) is 5.22. The van der Waals surface area contributed by atoms with Gasteiger partial charge in [0.2, 0.25) is 0 Å². The van der Waals surface area contributed by atoms with Crippen LogP contribution < -0.4 is 10.1 Å². The minimum Gasteiger partial charge on any atom is -0.481 e. The number of anilines is 1. The lowest BCUT2D eigenvalue weighted by molar-refractivity contribution is -0.384. The van der Waals surface area contributed by atoms with Crippen molar-refractivity contribution in [3.63, 3.8) is 0 Å². The minimum atomic E-state index is -0.815. The molecule has 0 amide bonds. The van der Waals surface area contributed by atoms with Crippen LogP contribution in [0.2, 0.25) is 0 Å². The Hall–Kier alpha value is -2.89. The molecule has 0 aromatic heterocycles. The quantitative estimate of drug-likeness (QED) is 0.421. The third-order valence-corrected chi connectivity index (χ3v) is 5.34. The number of carbonyl (C=O) groups excluding carboxylic acids is 1. The number of ketones is 1. The van der Waals surface area contributed by atoms with Gasteiger partial charge in [0.05, 0.1) is 16.7 Å². The molecule has 29 heavy (non-hydrogen) atoms. The lowest BCUT2D eigenvalue weighted by Crippen LogP contribution is -2.54. The topological polar surface area (TPSA) is 81.5 Å². The summed E-state index contributed by atoms with van der Waals surface area (Å²) in [5.41, 5.74) is 0.466. The van der Waals surface area contributed by atoms with Crippen LogP contribution >= 0.6 is 0 Å². The summed E-state index contributed by atoms with van der Waals surface area (Å²) < 4.78 is 6.14. The first-order chi connectivity index (χ1) is 13.3. The first-order valence-electron chi connectivity index (χ1n) is 9.66. The Balaban J connectivity index is 2.22. The van der Waals surface area contributed by atoms with Gasteiger partial charge in [-0.25, -0.2) is 0 Å². The molecular weight excluding hydrogens is 368 g/mol. The fourth-order valence-corrected chi connectivity index (χ4v) is 3.75. The summed E-state index contributed by atoms with van der Waals surface area (Å²) in [6.07, 6.45) is 4.99. The number of hydrogen-bond acceptors (Lipinski definition) is 5. The fraction of sp³-hybridized carbons (Fsp3) is 0.435. The molecule has 1 aromatic rings. The number of rotatable bonds is 2. The lowest BCUT2D eigenvalue weighted by atomic mass is 9.67. The molecule has 1 unspecified atom stereocenters. The van der Waals surface area contributed by atoms with Crippen LogP contribution in [0.1, 0.15) is 41.5 Å². The van der Waals surface area contributed by atoms with E-state index in [1.165, 1.54) is 12.1 Å². The number of fused-ring (bicyclic) bond motifs is 1. The van der Waals surface area contributed by atoms with Gasteiger partial charge >= 0.3 is 0 Å².